The SMILES string of the molecule is BC1(C)CCCC(SCc2ccccc2)CCC1. The largest absolute Gasteiger partial charge is 0.154 e. The minimum atomic E-state index is 0.592. The Hall–Kier alpha value is -0.365. The van der Waals surface area contributed by atoms with Gasteiger partial charge in [0.05, 0.1) is 0 Å². The lowest BCUT2D eigenvalue weighted by Gasteiger charge is -2.29. The molecule has 1 fully saturated rings. The van der Waals surface area contributed by atoms with Gasteiger partial charge in [0, 0.05) is 11.0 Å². The lowest BCUT2D eigenvalue weighted by atomic mass is 9.63. The molecule has 0 aliphatic heterocycles. The van der Waals surface area contributed by atoms with Gasteiger partial charge in [-0.1, -0.05) is 68.3 Å². The first-order valence-corrected chi connectivity index (χ1v) is 8.36. The molecule has 0 amide bonds. The Labute approximate surface area is 117 Å². The van der Waals surface area contributed by atoms with Gasteiger partial charge < -0.3 is 0 Å². The molecule has 98 valence electrons. The molecule has 0 spiro atoms. The van der Waals surface area contributed by atoms with Gasteiger partial charge in [-0.15, -0.1) is 0 Å². The highest BCUT2D eigenvalue weighted by Gasteiger charge is 2.22. The van der Waals surface area contributed by atoms with Crippen molar-refractivity contribution in [2.24, 2.45) is 0 Å². The standard InChI is InChI=1S/C16H25BS/c1-16(17)11-5-9-15(10-6-12-16)18-13-14-7-3-2-4-8-14/h2-4,7-8,15H,5-6,9-13,17H2,1H3. The third-order valence-electron chi connectivity index (χ3n) is 4.09. The summed E-state index contributed by atoms with van der Waals surface area (Å²) in [6.45, 7) is 2.43. The lowest BCUT2D eigenvalue weighted by Crippen LogP contribution is -2.15. The van der Waals surface area contributed by atoms with E-state index in [1.807, 2.05) is 0 Å². The molecule has 2 heteroatoms. The molecule has 0 N–H and O–H groups in total. The van der Waals surface area contributed by atoms with Gasteiger partial charge >= 0.3 is 0 Å². The Morgan fingerprint density at radius 3 is 2.39 bits per heavy atom. The second-order valence-corrected chi connectivity index (χ2v) is 7.66. The zero-order chi connectivity index (χ0) is 12.8. The average molecular weight is 260 g/mol. The molecule has 1 saturated carbocycles. The fourth-order valence-corrected chi connectivity index (χ4v) is 4.13. The van der Waals surface area contributed by atoms with Gasteiger partial charge in [0.1, 0.15) is 7.85 Å². The average Bonchev–Trinajstić information content (AvgIpc) is 2.34. The summed E-state index contributed by atoms with van der Waals surface area (Å²) in [4.78, 5) is 0. The Kier molecular flexibility index (Phi) is 5.23. The van der Waals surface area contributed by atoms with E-state index in [1.54, 1.807) is 0 Å². The Morgan fingerprint density at radius 1 is 1.17 bits per heavy atom. The van der Waals surface area contributed by atoms with Crippen LogP contribution in [0, 0.1) is 0 Å². The summed E-state index contributed by atoms with van der Waals surface area (Å²) in [5.41, 5.74) is 1.48. The highest BCUT2D eigenvalue weighted by atomic mass is 32.2. The van der Waals surface area contributed by atoms with Crippen molar-refractivity contribution in [1.82, 2.24) is 0 Å². The van der Waals surface area contributed by atoms with Gasteiger partial charge in [0.25, 0.3) is 0 Å². The molecule has 2 rings (SSSR count). The fraction of sp³-hybridized carbons (Fsp3) is 0.625. The molecule has 0 bridgehead atoms. The summed E-state index contributed by atoms with van der Waals surface area (Å²) in [7, 11) is 2.43. The number of rotatable bonds is 3. The molecule has 18 heavy (non-hydrogen) atoms. The first kappa shape index (κ1) is 14.1. The van der Waals surface area contributed by atoms with E-state index in [4.69, 9.17) is 0 Å². The monoisotopic (exact) mass is 260 g/mol. The van der Waals surface area contributed by atoms with Crippen LogP contribution in [0.5, 0.6) is 0 Å². The number of thioether (sulfide) groups is 1. The molecule has 0 heterocycles. The third kappa shape index (κ3) is 4.72. The summed E-state index contributed by atoms with van der Waals surface area (Å²) in [6, 6.07) is 10.9. The maximum atomic E-state index is 2.43. The van der Waals surface area contributed by atoms with E-state index in [-0.39, 0.29) is 0 Å². The van der Waals surface area contributed by atoms with E-state index >= 15 is 0 Å². The minimum absolute atomic E-state index is 0.592. The second kappa shape index (κ2) is 6.70. The molecule has 1 aliphatic carbocycles. The molecular weight excluding hydrogens is 235 g/mol. The summed E-state index contributed by atoms with van der Waals surface area (Å²) in [5.74, 6) is 1.19. The molecule has 1 aromatic rings. The topological polar surface area (TPSA) is 0 Å². The highest BCUT2D eigenvalue weighted by Crippen LogP contribution is 2.39. The van der Waals surface area contributed by atoms with E-state index < -0.39 is 0 Å². The van der Waals surface area contributed by atoms with Gasteiger partial charge in [-0.3, -0.25) is 0 Å². The molecule has 0 aromatic heterocycles. The molecule has 0 radical (unpaired) electrons. The van der Waals surface area contributed by atoms with Crippen molar-refractivity contribution in [2.45, 2.75) is 61.8 Å². The Bertz CT molecular complexity index is 335. The minimum Gasteiger partial charge on any atom is -0.154 e. The molecule has 1 aliphatic rings. The van der Waals surface area contributed by atoms with Crippen LogP contribution in [0.4, 0.5) is 0 Å². The van der Waals surface area contributed by atoms with Crippen LogP contribution in [0.1, 0.15) is 51.0 Å². The van der Waals surface area contributed by atoms with Crippen molar-refractivity contribution >= 4 is 19.6 Å². The molecule has 0 nitrogen and oxygen atoms in total. The van der Waals surface area contributed by atoms with Gasteiger partial charge in [-0.25, -0.2) is 0 Å². The van der Waals surface area contributed by atoms with Crippen molar-refractivity contribution < 1.29 is 0 Å². The smallest absolute Gasteiger partial charge is 0.109 e. The zero-order valence-corrected chi connectivity index (χ0v) is 12.6. The van der Waals surface area contributed by atoms with Crippen molar-refractivity contribution in [3.8, 4) is 0 Å². The van der Waals surface area contributed by atoms with Gasteiger partial charge in [-0.2, -0.15) is 11.8 Å². The van der Waals surface area contributed by atoms with E-state index in [1.165, 1.54) is 49.8 Å². The van der Waals surface area contributed by atoms with Gasteiger partial charge in [-0.05, 0) is 18.4 Å². The van der Waals surface area contributed by atoms with Crippen LogP contribution in [0.25, 0.3) is 0 Å². The van der Waals surface area contributed by atoms with Crippen molar-refractivity contribution in [1.29, 1.82) is 0 Å². The van der Waals surface area contributed by atoms with Crippen molar-refractivity contribution in [3.05, 3.63) is 35.9 Å². The number of hydrogen-bond donors (Lipinski definition) is 0. The lowest BCUT2D eigenvalue weighted by molar-refractivity contribution is 0.426. The van der Waals surface area contributed by atoms with Crippen LogP contribution in [0.3, 0.4) is 0 Å². The number of benzene rings is 1. The van der Waals surface area contributed by atoms with Crippen LogP contribution >= 0.6 is 11.8 Å². The molecular formula is C16H25BS. The van der Waals surface area contributed by atoms with Gasteiger partial charge in [0.15, 0.2) is 0 Å². The molecule has 0 atom stereocenters. The highest BCUT2D eigenvalue weighted by molar-refractivity contribution is 7.99. The Balaban J connectivity index is 1.77. The van der Waals surface area contributed by atoms with Gasteiger partial charge in [0.2, 0.25) is 0 Å². The van der Waals surface area contributed by atoms with Crippen LogP contribution in [-0.4, -0.2) is 13.1 Å². The summed E-state index contributed by atoms with van der Waals surface area (Å²) in [5, 5.41) is 1.48. The van der Waals surface area contributed by atoms with E-state index in [2.05, 4.69) is 56.9 Å². The maximum Gasteiger partial charge on any atom is 0.109 e. The van der Waals surface area contributed by atoms with E-state index in [9.17, 15) is 0 Å². The van der Waals surface area contributed by atoms with Crippen LogP contribution in [0.2, 0.25) is 5.31 Å². The maximum absolute atomic E-state index is 2.43. The third-order valence-corrected chi connectivity index (χ3v) is 5.53. The first-order valence-electron chi connectivity index (χ1n) is 7.31. The zero-order valence-electron chi connectivity index (χ0n) is 11.8. The predicted octanol–water partition coefficient (Wildman–Crippen LogP) is 4.45. The second-order valence-electron chi connectivity index (χ2n) is 6.37. The normalized spacial score (nSPS) is 29.5. The van der Waals surface area contributed by atoms with Crippen LogP contribution in [-0.2, 0) is 5.75 Å². The van der Waals surface area contributed by atoms with Crippen molar-refractivity contribution in [2.75, 3.05) is 0 Å². The molecule has 0 unspecified atom stereocenters. The first-order chi connectivity index (χ1) is 8.66. The summed E-state index contributed by atoms with van der Waals surface area (Å²) < 4.78 is 0. The van der Waals surface area contributed by atoms with Crippen molar-refractivity contribution in [3.63, 3.8) is 0 Å². The predicted molar refractivity (Wildman–Crippen MR) is 86.1 cm³/mol. The molecule has 0 saturated heterocycles. The summed E-state index contributed by atoms with van der Waals surface area (Å²) in [6.07, 6.45) is 8.49. The van der Waals surface area contributed by atoms with E-state index in [0.717, 1.165) is 5.25 Å². The Morgan fingerprint density at radius 2 is 1.78 bits per heavy atom. The number of hydrogen-bond acceptors (Lipinski definition) is 1. The summed E-state index contributed by atoms with van der Waals surface area (Å²) >= 11 is 2.17. The van der Waals surface area contributed by atoms with E-state index in [0.29, 0.717) is 5.31 Å². The fourth-order valence-electron chi connectivity index (χ4n) is 2.84. The van der Waals surface area contributed by atoms with Crippen LogP contribution in [0.15, 0.2) is 30.3 Å². The van der Waals surface area contributed by atoms with Crippen LogP contribution < -0.4 is 0 Å². The molecule has 1 aromatic carbocycles. The quantitative estimate of drug-likeness (QED) is 0.723.